The van der Waals surface area contributed by atoms with Crippen molar-refractivity contribution in [2.24, 2.45) is 11.7 Å². The molecule has 4 amide bonds. The van der Waals surface area contributed by atoms with Gasteiger partial charge in [0, 0.05) is 24.3 Å². The van der Waals surface area contributed by atoms with E-state index in [2.05, 4.69) is 15.6 Å². The maximum atomic E-state index is 13.6. The van der Waals surface area contributed by atoms with Gasteiger partial charge >= 0.3 is 6.09 Å². The Morgan fingerprint density at radius 1 is 1.14 bits per heavy atom. The highest BCUT2D eigenvalue weighted by Gasteiger charge is 2.41. The summed E-state index contributed by atoms with van der Waals surface area (Å²) in [6.45, 7) is 5.68. The fourth-order valence-electron chi connectivity index (χ4n) is 5.24. The number of fused-ring (bicyclic) bond motifs is 1. The number of alkyl carbamates (subject to hydrolysis) is 1. The van der Waals surface area contributed by atoms with Crippen molar-refractivity contribution in [3.8, 4) is 0 Å². The minimum atomic E-state index is -0.843. The number of carbonyl (C=O) groups excluding carboxylic acids is 4. The average Bonchev–Trinajstić information content (AvgIpc) is 3.51. The quantitative estimate of drug-likeness (QED) is 0.539. The van der Waals surface area contributed by atoms with Crippen molar-refractivity contribution in [2.45, 2.75) is 83.0 Å². The molecular formula is C26H36N6O5. The fraction of sp³-hybridized carbons (Fsp3) is 0.577. The molecular weight excluding hydrogens is 476 g/mol. The van der Waals surface area contributed by atoms with Crippen molar-refractivity contribution in [1.82, 2.24) is 24.9 Å². The van der Waals surface area contributed by atoms with Crippen LogP contribution >= 0.6 is 0 Å². The normalized spacial score (nSPS) is 22.9. The van der Waals surface area contributed by atoms with Crippen LogP contribution in [0.25, 0.3) is 5.52 Å². The van der Waals surface area contributed by atoms with Crippen LogP contribution in [0, 0.1) is 5.92 Å². The molecule has 11 heteroatoms. The lowest BCUT2D eigenvalue weighted by atomic mass is 9.81. The molecule has 0 aromatic carbocycles. The van der Waals surface area contributed by atoms with Crippen molar-refractivity contribution in [2.75, 3.05) is 6.54 Å². The third kappa shape index (κ3) is 6.39. The summed E-state index contributed by atoms with van der Waals surface area (Å²) in [6.07, 6.45) is 6.49. The van der Waals surface area contributed by atoms with Gasteiger partial charge in [0.15, 0.2) is 0 Å². The maximum absolute atomic E-state index is 13.6. The Hall–Kier alpha value is -3.63. The van der Waals surface area contributed by atoms with Crippen LogP contribution in [-0.2, 0) is 14.3 Å². The zero-order chi connectivity index (χ0) is 26.7. The van der Waals surface area contributed by atoms with E-state index in [-0.39, 0.29) is 23.8 Å². The fourth-order valence-corrected chi connectivity index (χ4v) is 5.24. The highest BCUT2D eigenvalue weighted by molar-refractivity contribution is 5.93. The molecule has 0 bridgehead atoms. The van der Waals surface area contributed by atoms with Crippen LogP contribution in [0.3, 0.4) is 0 Å². The minimum Gasteiger partial charge on any atom is -0.444 e. The summed E-state index contributed by atoms with van der Waals surface area (Å²) in [5.41, 5.74) is 6.04. The zero-order valence-electron chi connectivity index (χ0n) is 21.6. The number of aromatic nitrogens is 2. The van der Waals surface area contributed by atoms with Crippen LogP contribution < -0.4 is 16.4 Å². The number of nitrogens with two attached hydrogens (primary N) is 1. The Bertz CT molecular complexity index is 1160. The van der Waals surface area contributed by atoms with E-state index < -0.39 is 29.7 Å². The number of amides is 4. The molecule has 2 fully saturated rings. The second-order valence-electron chi connectivity index (χ2n) is 10.9. The minimum absolute atomic E-state index is 0.0732. The zero-order valence-corrected chi connectivity index (χ0v) is 21.6. The first-order valence-electron chi connectivity index (χ1n) is 12.8. The second kappa shape index (κ2) is 10.8. The molecule has 1 aliphatic heterocycles. The van der Waals surface area contributed by atoms with Gasteiger partial charge in [-0.25, -0.2) is 9.78 Å². The van der Waals surface area contributed by atoms with Gasteiger partial charge in [0.1, 0.15) is 23.4 Å². The Kier molecular flexibility index (Phi) is 7.70. The van der Waals surface area contributed by atoms with E-state index in [1.54, 1.807) is 33.2 Å². The molecule has 1 saturated carbocycles. The first-order chi connectivity index (χ1) is 17.5. The van der Waals surface area contributed by atoms with Crippen LogP contribution in [0.1, 0.15) is 69.8 Å². The van der Waals surface area contributed by atoms with Gasteiger partial charge in [-0.1, -0.05) is 0 Å². The van der Waals surface area contributed by atoms with Crippen molar-refractivity contribution < 1.29 is 23.9 Å². The number of hydrogen-bond donors (Lipinski definition) is 3. The monoisotopic (exact) mass is 512 g/mol. The lowest BCUT2D eigenvalue weighted by molar-refractivity contribution is -0.140. The number of primary amides is 1. The van der Waals surface area contributed by atoms with Crippen LogP contribution in [0.15, 0.2) is 30.7 Å². The smallest absolute Gasteiger partial charge is 0.408 e. The molecule has 2 aromatic rings. The summed E-state index contributed by atoms with van der Waals surface area (Å²) < 4.78 is 7.25. The van der Waals surface area contributed by atoms with Crippen LogP contribution in [0.4, 0.5) is 4.79 Å². The molecule has 11 nitrogen and oxygen atoms in total. The van der Waals surface area contributed by atoms with Crippen LogP contribution in [0.5, 0.6) is 0 Å². The molecule has 1 aliphatic carbocycles. The van der Waals surface area contributed by atoms with Gasteiger partial charge < -0.3 is 30.4 Å². The molecule has 37 heavy (non-hydrogen) atoms. The Morgan fingerprint density at radius 3 is 2.54 bits per heavy atom. The van der Waals surface area contributed by atoms with Gasteiger partial charge in [0.2, 0.25) is 11.8 Å². The molecule has 1 saturated heterocycles. The number of carbonyl (C=O) groups is 4. The second-order valence-corrected chi connectivity index (χ2v) is 10.9. The van der Waals surface area contributed by atoms with E-state index in [1.165, 1.54) is 4.90 Å². The highest BCUT2D eigenvalue weighted by atomic mass is 16.6. The predicted molar refractivity (Wildman–Crippen MR) is 135 cm³/mol. The van der Waals surface area contributed by atoms with Gasteiger partial charge in [0.05, 0.1) is 6.33 Å². The molecule has 4 rings (SSSR count). The Morgan fingerprint density at radius 2 is 1.86 bits per heavy atom. The number of nitrogens with zero attached hydrogens (tertiary/aromatic N) is 3. The molecule has 2 aliphatic rings. The number of rotatable bonds is 6. The van der Waals surface area contributed by atoms with E-state index >= 15 is 0 Å². The summed E-state index contributed by atoms with van der Waals surface area (Å²) >= 11 is 0. The third-order valence-electron chi connectivity index (χ3n) is 7.03. The van der Waals surface area contributed by atoms with Crippen LogP contribution in [0.2, 0.25) is 0 Å². The van der Waals surface area contributed by atoms with Crippen molar-refractivity contribution in [3.63, 3.8) is 0 Å². The summed E-state index contributed by atoms with van der Waals surface area (Å²) in [4.78, 5) is 56.6. The van der Waals surface area contributed by atoms with Gasteiger partial charge in [0.25, 0.3) is 5.91 Å². The van der Waals surface area contributed by atoms with Gasteiger partial charge in [-0.05, 0) is 83.4 Å². The van der Waals surface area contributed by atoms with E-state index in [0.717, 1.165) is 5.52 Å². The lowest BCUT2D eigenvalue weighted by Crippen LogP contribution is -2.56. The van der Waals surface area contributed by atoms with Gasteiger partial charge in [-0.15, -0.1) is 0 Å². The Labute approximate surface area is 216 Å². The summed E-state index contributed by atoms with van der Waals surface area (Å²) in [6, 6.07) is 3.95. The molecule has 0 radical (unpaired) electrons. The van der Waals surface area contributed by atoms with Crippen molar-refractivity contribution in [3.05, 3.63) is 36.4 Å². The molecule has 200 valence electrons. The average molecular weight is 513 g/mol. The van der Waals surface area contributed by atoms with E-state index in [1.807, 2.05) is 22.7 Å². The number of likely N-dealkylation sites (tertiary alicyclic amines) is 1. The van der Waals surface area contributed by atoms with Crippen molar-refractivity contribution in [1.29, 1.82) is 0 Å². The van der Waals surface area contributed by atoms with Crippen LogP contribution in [-0.4, -0.2) is 68.4 Å². The molecule has 2 aromatic heterocycles. The molecule has 3 heterocycles. The largest absolute Gasteiger partial charge is 0.444 e. The molecule has 4 N–H and O–H groups in total. The van der Waals surface area contributed by atoms with Gasteiger partial charge in [-0.2, -0.15) is 0 Å². The van der Waals surface area contributed by atoms with Crippen molar-refractivity contribution >= 4 is 29.3 Å². The number of hydrogen-bond acceptors (Lipinski definition) is 6. The number of nitrogens with one attached hydrogen (secondary N) is 2. The van der Waals surface area contributed by atoms with E-state index in [9.17, 15) is 19.2 Å². The first kappa shape index (κ1) is 26.4. The van der Waals surface area contributed by atoms with Gasteiger partial charge in [-0.3, -0.25) is 14.4 Å². The number of ether oxygens (including phenoxy) is 1. The molecule has 0 spiro atoms. The summed E-state index contributed by atoms with van der Waals surface area (Å²) in [5.74, 6) is -1.27. The third-order valence-corrected chi connectivity index (χ3v) is 7.03. The topological polar surface area (TPSA) is 148 Å². The Balaban J connectivity index is 1.41. The molecule has 2 atom stereocenters. The van der Waals surface area contributed by atoms with E-state index in [4.69, 9.17) is 10.5 Å². The predicted octanol–water partition coefficient (Wildman–Crippen LogP) is 1.99. The maximum Gasteiger partial charge on any atom is 0.408 e. The highest BCUT2D eigenvalue weighted by Crippen LogP contribution is 2.30. The lowest BCUT2D eigenvalue weighted by Gasteiger charge is -2.36. The SMILES string of the molecule is CC(C)(C)OC(=O)N[C@H](C(=O)N1CCC[C@H]1C(N)=O)[C@H]1CC[C@H](NC(=O)c2cc3cccn3cn2)CC1. The molecule has 0 unspecified atom stereocenters. The summed E-state index contributed by atoms with van der Waals surface area (Å²) in [7, 11) is 0. The summed E-state index contributed by atoms with van der Waals surface area (Å²) in [5, 5.41) is 5.82. The standard InChI is InChI=1S/C26H36N6O5/c1-26(2,3)37-25(36)30-21(24(35)32-13-5-7-20(32)22(27)33)16-8-10-17(11-9-16)29-23(34)19-14-18-6-4-12-31(18)15-28-19/h4,6,12,14-17,20-21H,5,7-11,13H2,1-3H3,(H2,27,33)(H,29,34)(H,30,36)/t16-,17-,20-,21-/m0/s1. The first-order valence-corrected chi connectivity index (χ1v) is 12.8. The van der Waals surface area contributed by atoms with E-state index in [0.29, 0.717) is 50.8 Å².